The smallest absolute Gasteiger partial charge is 0.870 e. The van der Waals surface area contributed by atoms with Gasteiger partial charge in [0.05, 0.1) is 5.56 Å². The minimum atomic E-state index is -0.655. The number of phenols is 1. The third-order valence-electron chi connectivity index (χ3n) is 6.56. The van der Waals surface area contributed by atoms with Gasteiger partial charge in [0.1, 0.15) is 40.7 Å². The first kappa shape index (κ1) is 56.4. The number of rotatable bonds is 9. The monoisotopic (exact) mass is 851 g/mol. The van der Waals surface area contributed by atoms with Crippen LogP contribution < -0.4 is 55.4 Å². The van der Waals surface area contributed by atoms with Crippen molar-refractivity contribution in [3.8, 4) is 17.2 Å². The van der Waals surface area contributed by atoms with Crippen molar-refractivity contribution in [3.63, 3.8) is 0 Å². The second-order valence-electron chi connectivity index (χ2n) is 14.4. The molecule has 19 heteroatoms. The van der Waals surface area contributed by atoms with Gasteiger partial charge in [-0.1, -0.05) is 0 Å². The van der Waals surface area contributed by atoms with Crippen LogP contribution in [0.15, 0.2) is 54.6 Å². The number of nitrogen functional groups attached to an aromatic ring is 1. The second-order valence-corrected chi connectivity index (χ2v) is 14.4. The Hall–Kier alpha value is -5.69. The zero-order chi connectivity index (χ0) is 44.5. The summed E-state index contributed by atoms with van der Waals surface area (Å²) >= 11 is 0. The van der Waals surface area contributed by atoms with E-state index in [2.05, 4.69) is 10.6 Å². The van der Waals surface area contributed by atoms with Gasteiger partial charge in [-0.2, -0.15) is 0 Å². The third kappa shape index (κ3) is 23.0. The first-order valence-electron chi connectivity index (χ1n) is 17.7. The average Bonchev–Trinajstić information content (AvgIpc) is 3.05. The van der Waals surface area contributed by atoms with Crippen LogP contribution in [-0.2, 0) is 38.1 Å². The topological polar surface area (TPSA) is 275 Å². The molecule has 0 aliphatic heterocycles. The predicted molar refractivity (Wildman–Crippen MR) is 215 cm³/mol. The maximum atomic E-state index is 11.8. The first-order chi connectivity index (χ1) is 26.7. The molecule has 2 unspecified atom stereocenters. The molecule has 2 amide bonds. The fraction of sp³-hybridized carbons (Fsp3) is 0.390. The van der Waals surface area contributed by atoms with Crippen molar-refractivity contribution in [3.05, 3.63) is 71.3 Å². The van der Waals surface area contributed by atoms with E-state index >= 15 is 0 Å². The van der Waals surface area contributed by atoms with Crippen molar-refractivity contribution >= 4 is 59.4 Å². The molecule has 0 aromatic heterocycles. The number of aldehydes is 1. The van der Waals surface area contributed by atoms with Gasteiger partial charge in [-0.15, -0.1) is 0 Å². The number of esters is 4. The standard InChI is InChI=1S/C17H23NO6.2C12H15NO4.Na.H2O/c1-10(22-11(2)19)14-9-13(7-8-15(14)23-12(3)20)18-16(21)24-17(4,5)6;1-12(2,3)17-11(16)13-9-4-5-10(15)8(6-9)7-14;1-7(16-8(2)14)11-6-10(13)4-5-12(11)17-9(3)15;;/h7-10H,1-6H3,(H,18,21);4-7,15H,1-3H3,(H,13,16);4-7H,13H2,1-3H3;;1H2/q;;;+1;/p-1. The molecule has 0 aliphatic rings. The summed E-state index contributed by atoms with van der Waals surface area (Å²) in [7, 11) is 0. The van der Waals surface area contributed by atoms with Gasteiger partial charge in [0.2, 0.25) is 0 Å². The van der Waals surface area contributed by atoms with Gasteiger partial charge < -0.3 is 44.7 Å². The van der Waals surface area contributed by atoms with Gasteiger partial charge in [-0.05, 0) is 110 Å². The molecule has 0 saturated carbocycles. The molecule has 2 atom stereocenters. The number of nitrogens with one attached hydrogen (secondary N) is 2. The van der Waals surface area contributed by atoms with Crippen LogP contribution in [0.5, 0.6) is 17.2 Å². The fourth-order valence-corrected chi connectivity index (χ4v) is 4.52. The van der Waals surface area contributed by atoms with Crippen LogP contribution in [0, 0.1) is 0 Å². The molecule has 3 rings (SSSR count). The maximum Gasteiger partial charge on any atom is 1.00 e. The van der Waals surface area contributed by atoms with E-state index in [-0.39, 0.29) is 52.1 Å². The zero-order valence-electron chi connectivity index (χ0n) is 36.2. The maximum absolute atomic E-state index is 11.8. The van der Waals surface area contributed by atoms with Gasteiger partial charge in [-0.25, -0.2) is 9.59 Å². The van der Waals surface area contributed by atoms with E-state index in [9.17, 15) is 38.7 Å². The average molecular weight is 852 g/mol. The molecule has 0 spiro atoms. The molecule has 324 valence electrons. The zero-order valence-corrected chi connectivity index (χ0v) is 38.2. The molecular weight excluding hydrogens is 797 g/mol. The minimum absolute atomic E-state index is 0. The first-order valence-corrected chi connectivity index (χ1v) is 17.7. The minimum Gasteiger partial charge on any atom is -0.870 e. The summed E-state index contributed by atoms with van der Waals surface area (Å²) in [5, 5.41) is 14.3. The predicted octanol–water partition coefficient (Wildman–Crippen LogP) is 4.78. The molecule has 18 nitrogen and oxygen atoms in total. The number of nitrogens with two attached hydrogens (primary N) is 1. The van der Waals surface area contributed by atoms with E-state index in [1.165, 1.54) is 52.0 Å². The Morgan fingerprint density at radius 2 is 1.02 bits per heavy atom. The SMILES string of the molecule is CC(=O)Oc1ccc(N)cc1C(C)OC(C)=O.CC(=O)Oc1ccc(NC(=O)OC(C)(C)C)cc1C(C)OC(C)=O.CC(C)(C)OC(=O)Nc1ccc(O)c(C=O)c1.[Na+].[OH-]. The molecule has 0 radical (unpaired) electrons. The summed E-state index contributed by atoms with van der Waals surface area (Å²) in [5.41, 5.74) is 6.88. The van der Waals surface area contributed by atoms with Crippen molar-refractivity contribution < 1.29 is 102 Å². The largest absolute Gasteiger partial charge is 1.00 e. The number of amides is 2. The number of benzene rings is 3. The molecule has 60 heavy (non-hydrogen) atoms. The summed E-state index contributed by atoms with van der Waals surface area (Å²) in [4.78, 5) is 78.1. The van der Waals surface area contributed by atoms with Gasteiger partial charge in [-0.3, -0.25) is 34.6 Å². The quantitative estimate of drug-likeness (QED) is 0.0429. The summed E-state index contributed by atoms with van der Waals surface area (Å²) < 4.78 is 30.5. The number of carbonyl (C=O) groups excluding carboxylic acids is 7. The van der Waals surface area contributed by atoms with Crippen molar-refractivity contribution in [1.29, 1.82) is 0 Å². The molecule has 0 fully saturated rings. The van der Waals surface area contributed by atoms with Crippen molar-refractivity contribution in [2.75, 3.05) is 16.4 Å². The van der Waals surface area contributed by atoms with E-state index in [0.29, 0.717) is 40.2 Å². The Morgan fingerprint density at radius 1 is 0.633 bits per heavy atom. The van der Waals surface area contributed by atoms with Crippen molar-refractivity contribution in [2.45, 2.75) is 106 Å². The molecule has 3 aromatic rings. The van der Waals surface area contributed by atoms with E-state index in [0.717, 1.165) is 0 Å². The van der Waals surface area contributed by atoms with E-state index in [1.807, 2.05) is 0 Å². The molecule has 0 saturated heterocycles. The van der Waals surface area contributed by atoms with Gasteiger partial charge in [0.25, 0.3) is 0 Å². The molecule has 0 bridgehead atoms. The number of anilines is 3. The van der Waals surface area contributed by atoms with Gasteiger partial charge in [0, 0.05) is 55.9 Å². The molecule has 0 aliphatic carbocycles. The van der Waals surface area contributed by atoms with Gasteiger partial charge >= 0.3 is 65.6 Å². The third-order valence-corrected chi connectivity index (χ3v) is 6.56. The van der Waals surface area contributed by atoms with Crippen molar-refractivity contribution in [1.82, 2.24) is 0 Å². The summed E-state index contributed by atoms with van der Waals surface area (Å²) in [6.45, 7) is 19.0. The van der Waals surface area contributed by atoms with Crippen molar-refractivity contribution in [2.24, 2.45) is 0 Å². The van der Waals surface area contributed by atoms with E-state index < -0.39 is 59.5 Å². The van der Waals surface area contributed by atoms with Crippen LogP contribution in [0.3, 0.4) is 0 Å². The molecular formula is C41H54N3NaO15. The second kappa shape index (κ2) is 25.7. The normalized spacial score (nSPS) is 11.2. The Balaban J connectivity index is 0. The number of ether oxygens (including phenoxy) is 6. The van der Waals surface area contributed by atoms with Crippen LogP contribution >= 0.6 is 0 Å². The van der Waals surface area contributed by atoms with Crippen LogP contribution in [0.2, 0.25) is 0 Å². The summed E-state index contributed by atoms with van der Waals surface area (Å²) in [6.07, 6.45) is -1.90. The van der Waals surface area contributed by atoms with Crippen LogP contribution in [0.1, 0.15) is 117 Å². The van der Waals surface area contributed by atoms with Crippen LogP contribution in [0.25, 0.3) is 0 Å². The summed E-state index contributed by atoms with van der Waals surface area (Å²) in [6, 6.07) is 13.6. The number of hydrogen-bond acceptors (Lipinski definition) is 16. The number of carbonyl (C=O) groups is 7. The molecule has 3 aromatic carbocycles. The fourth-order valence-electron chi connectivity index (χ4n) is 4.52. The number of aromatic hydroxyl groups is 1. The van der Waals surface area contributed by atoms with E-state index in [4.69, 9.17) is 34.2 Å². The van der Waals surface area contributed by atoms with E-state index in [1.54, 1.807) is 85.7 Å². The number of hydrogen-bond donors (Lipinski definition) is 4. The summed E-state index contributed by atoms with van der Waals surface area (Å²) in [5.74, 6) is -1.35. The Kier molecular flexibility index (Phi) is 24.2. The van der Waals surface area contributed by atoms with Crippen LogP contribution in [-0.4, -0.2) is 64.1 Å². The number of phenolic OH excluding ortho intramolecular Hbond substituents is 1. The Bertz CT molecular complexity index is 1960. The van der Waals surface area contributed by atoms with Crippen LogP contribution in [0.4, 0.5) is 26.7 Å². The van der Waals surface area contributed by atoms with Gasteiger partial charge in [0.15, 0.2) is 6.29 Å². The molecule has 0 heterocycles. The molecule has 6 N–H and O–H groups in total. The Labute approximate surface area is 371 Å². The Morgan fingerprint density at radius 3 is 1.40 bits per heavy atom.